The number of anilines is 1. The number of hydrogen-bond acceptors (Lipinski definition) is 1. The van der Waals surface area contributed by atoms with E-state index in [2.05, 4.69) is 5.32 Å². The van der Waals surface area contributed by atoms with Crippen molar-refractivity contribution in [2.75, 3.05) is 5.32 Å². The second-order valence-electron chi connectivity index (χ2n) is 4.86. The molecule has 0 bridgehead atoms. The Kier molecular flexibility index (Phi) is 4.47. The van der Waals surface area contributed by atoms with Crippen LogP contribution in [-0.2, 0) is 6.18 Å². The van der Waals surface area contributed by atoms with Crippen LogP contribution in [0, 0.1) is 6.92 Å². The lowest BCUT2D eigenvalue weighted by Gasteiger charge is -2.21. The molecule has 1 unspecified atom stereocenters. The van der Waals surface area contributed by atoms with Crippen LogP contribution in [0.4, 0.5) is 18.9 Å². The lowest BCUT2D eigenvalue weighted by molar-refractivity contribution is -0.138. The zero-order valence-corrected chi connectivity index (χ0v) is 12.4. The number of halogens is 4. The molecule has 1 atom stereocenters. The minimum Gasteiger partial charge on any atom is -0.378 e. The molecule has 2 aromatic carbocycles. The molecule has 112 valence electrons. The van der Waals surface area contributed by atoms with Gasteiger partial charge in [0.05, 0.1) is 5.56 Å². The molecule has 2 aromatic rings. The van der Waals surface area contributed by atoms with Gasteiger partial charge in [0, 0.05) is 16.8 Å². The van der Waals surface area contributed by atoms with E-state index in [1.165, 1.54) is 12.1 Å². The number of nitrogens with one attached hydrogen (secondary N) is 1. The van der Waals surface area contributed by atoms with E-state index in [0.29, 0.717) is 5.02 Å². The summed E-state index contributed by atoms with van der Waals surface area (Å²) in [4.78, 5) is 0. The van der Waals surface area contributed by atoms with Gasteiger partial charge in [0.15, 0.2) is 0 Å². The highest BCUT2D eigenvalue weighted by atomic mass is 35.5. The smallest absolute Gasteiger partial charge is 0.378 e. The van der Waals surface area contributed by atoms with Gasteiger partial charge in [0.1, 0.15) is 0 Å². The molecule has 0 aliphatic heterocycles. The molecule has 2 rings (SSSR count). The van der Waals surface area contributed by atoms with Gasteiger partial charge >= 0.3 is 6.18 Å². The number of benzene rings is 2. The van der Waals surface area contributed by atoms with E-state index in [4.69, 9.17) is 11.6 Å². The van der Waals surface area contributed by atoms with E-state index in [0.717, 1.165) is 17.3 Å². The van der Waals surface area contributed by atoms with Crippen molar-refractivity contribution in [1.82, 2.24) is 0 Å². The molecule has 0 aliphatic carbocycles. The zero-order chi connectivity index (χ0) is 15.6. The van der Waals surface area contributed by atoms with Gasteiger partial charge < -0.3 is 5.32 Å². The van der Waals surface area contributed by atoms with Crippen LogP contribution in [0.1, 0.15) is 29.7 Å². The molecule has 0 aliphatic rings. The lowest BCUT2D eigenvalue weighted by atomic mass is 10.0. The first-order valence-electron chi connectivity index (χ1n) is 6.48. The first-order chi connectivity index (χ1) is 9.80. The molecule has 21 heavy (non-hydrogen) atoms. The summed E-state index contributed by atoms with van der Waals surface area (Å²) in [6.45, 7) is 3.53. The molecule has 0 fully saturated rings. The fraction of sp³-hybridized carbons (Fsp3) is 0.250. The molecule has 0 heterocycles. The minimum atomic E-state index is -4.37. The van der Waals surface area contributed by atoms with Gasteiger partial charge in [-0.25, -0.2) is 0 Å². The van der Waals surface area contributed by atoms with E-state index in [1.807, 2.05) is 6.92 Å². The van der Waals surface area contributed by atoms with Gasteiger partial charge in [-0.1, -0.05) is 35.9 Å². The van der Waals surface area contributed by atoms with Crippen molar-refractivity contribution in [2.24, 2.45) is 0 Å². The fourth-order valence-corrected chi connectivity index (χ4v) is 2.38. The maximum atomic E-state index is 13.0. The molecule has 0 saturated heterocycles. The van der Waals surface area contributed by atoms with Crippen molar-refractivity contribution < 1.29 is 13.2 Å². The molecule has 1 nitrogen and oxygen atoms in total. The summed E-state index contributed by atoms with van der Waals surface area (Å²) < 4.78 is 39.1. The van der Waals surface area contributed by atoms with Gasteiger partial charge in [0.25, 0.3) is 0 Å². The predicted molar refractivity (Wildman–Crippen MR) is 79.7 cm³/mol. The third kappa shape index (κ3) is 3.50. The molecule has 1 N–H and O–H groups in total. The Balaban J connectivity index is 2.33. The van der Waals surface area contributed by atoms with Crippen LogP contribution in [-0.4, -0.2) is 0 Å². The van der Waals surface area contributed by atoms with Crippen molar-refractivity contribution in [1.29, 1.82) is 0 Å². The van der Waals surface area contributed by atoms with Crippen molar-refractivity contribution in [2.45, 2.75) is 26.1 Å². The number of hydrogen-bond donors (Lipinski definition) is 1. The molecule has 0 amide bonds. The largest absolute Gasteiger partial charge is 0.416 e. The Morgan fingerprint density at radius 2 is 1.71 bits per heavy atom. The average molecular weight is 314 g/mol. The van der Waals surface area contributed by atoms with E-state index in [1.54, 1.807) is 31.2 Å². The van der Waals surface area contributed by atoms with Crippen molar-refractivity contribution in [3.63, 3.8) is 0 Å². The van der Waals surface area contributed by atoms with E-state index in [9.17, 15) is 13.2 Å². The molecule has 5 heteroatoms. The third-order valence-corrected chi connectivity index (χ3v) is 3.78. The molecule has 0 aromatic heterocycles. The lowest BCUT2D eigenvalue weighted by Crippen LogP contribution is -2.15. The molecular weight excluding hydrogens is 299 g/mol. The van der Waals surface area contributed by atoms with Gasteiger partial charge in [-0.05, 0) is 43.2 Å². The van der Waals surface area contributed by atoms with Crippen LogP contribution in [0.25, 0.3) is 0 Å². The summed E-state index contributed by atoms with van der Waals surface area (Å²) in [6.07, 6.45) is -4.37. The highest BCUT2D eigenvalue weighted by Crippen LogP contribution is 2.36. The number of alkyl halides is 3. The van der Waals surface area contributed by atoms with Crippen LogP contribution >= 0.6 is 11.6 Å². The fourth-order valence-electron chi connectivity index (χ4n) is 2.21. The summed E-state index contributed by atoms with van der Waals surface area (Å²) in [5, 5.41) is 3.68. The SMILES string of the molecule is Cc1c(Cl)cccc1NC(C)c1ccccc1C(F)(F)F. The zero-order valence-electron chi connectivity index (χ0n) is 11.6. The van der Waals surface area contributed by atoms with Crippen molar-refractivity contribution >= 4 is 17.3 Å². The topological polar surface area (TPSA) is 12.0 Å². The molecule has 0 spiro atoms. The standard InChI is InChI=1S/C16H15ClF3N/c1-10-14(17)8-5-9-15(10)21-11(2)12-6-3-4-7-13(12)16(18,19)20/h3-9,11,21H,1-2H3. The van der Waals surface area contributed by atoms with Crippen LogP contribution in [0.3, 0.4) is 0 Å². The second kappa shape index (κ2) is 5.98. The molecule has 0 radical (unpaired) electrons. The van der Waals surface area contributed by atoms with Crippen LogP contribution < -0.4 is 5.32 Å². The number of rotatable bonds is 3. The Bertz CT molecular complexity index is 638. The maximum Gasteiger partial charge on any atom is 0.416 e. The van der Waals surface area contributed by atoms with E-state index < -0.39 is 17.8 Å². The summed E-state index contributed by atoms with van der Waals surface area (Å²) in [7, 11) is 0. The quantitative estimate of drug-likeness (QED) is 0.750. The van der Waals surface area contributed by atoms with Crippen LogP contribution in [0.2, 0.25) is 5.02 Å². The maximum absolute atomic E-state index is 13.0. The minimum absolute atomic E-state index is 0.212. The first-order valence-corrected chi connectivity index (χ1v) is 6.86. The molecular formula is C16H15ClF3N. The van der Waals surface area contributed by atoms with Gasteiger partial charge in [0.2, 0.25) is 0 Å². The van der Waals surface area contributed by atoms with Gasteiger partial charge in [-0.15, -0.1) is 0 Å². The molecule has 0 saturated carbocycles. The Hall–Kier alpha value is -1.68. The van der Waals surface area contributed by atoms with Gasteiger partial charge in [-0.3, -0.25) is 0 Å². The van der Waals surface area contributed by atoms with Crippen molar-refractivity contribution in [3.05, 3.63) is 64.2 Å². The summed E-state index contributed by atoms with van der Waals surface area (Å²) in [6, 6.07) is 10.4. The summed E-state index contributed by atoms with van der Waals surface area (Å²) in [5.74, 6) is 0. The Labute approximate surface area is 126 Å². The highest BCUT2D eigenvalue weighted by molar-refractivity contribution is 6.31. The third-order valence-electron chi connectivity index (χ3n) is 3.37. The second-order valence-corrected chi connectivity index (χ2v) is 5.27. The first kappa shape index (κ1) is 15.7. The van der Waals surface area contributed by atoms with Gasteiger partial charge in [-0.2, -0.15) is 13.2 Å². The summed E-state index contributed by atoms with van der Waals surface area (Å²) >= 11 is 6.03. The summed E-state index contributed by atoms with van der Waals surface area (Å²) in [5.41, 5.74) is 1.14. The Morgan fingerprint density at radius 3 is 2.38 bits per heavy atom. The average Bonchev–Trinajstić information content (AvgIpc) is 2.43. The van der Waals surface area contributed by atoms with E-state index >= 15 is 0 Å². The monoisotopic (exact) mass is 313 g/mol. The predicted octanol–water partition coefficient (Wildman–Crippen LogP) is 5.84. The normalized spacial score (nSPS) is 13.0. The van der Waals surface area contributed by atoms with E-state index in [-0.39, 0.29) is 5.56 Å². The Morgan fingerprint density at radius 1 is 1.05 bits per heavy atom. The van der Waals surface area contributed by atoms with Crippen LogP contribution in [0.15, 0.2) is 42.5 Å². The van der Waals surface area contributed by atoms with Crippen molar-refractivity contribution in [3.8, 4) is 0 Å². The highest BCUT2D eigenvalue weighted by Gasteiger charge is 2.34. The van der Waals surface area contributed by atoms with Crippen LogP contribution in [0.5, 0.6) is 0 Å².